The van der Waals surface area contributed by atoms with Gasteiger partial charge >= 0.3 is 176 Å². The largest absolute Gasteiger partial charge is 1.00 e. The summed E-state index contributed by atoms with van der Waals surface area (Å²) in [4.78, 5) is 0. The molecule has 0 saturated carbocycles. The number of hydrogen-bond donors (Lipinski definition) is 0. The van der Waals surface area contributed by atoms with Crippen LogP contribution < -0.4 is 42.4 Å². The summed E-state index contributed by atoms with van der Waals surface area (Å²) in [5.74, 6) is 0.759. The molecule has 1 aromatic rings. The second kappa shape index (κ2) is 26.4. The fourth-order valence-corrected chi connectivity index (χ4v) is 9.21. The molecule has 0 amide bonds. The summed E-state index contributed by atoms with van der Waals surface area (Å²) in [5, 5.41) is 3.47. The van der Waals surface area contributed by atoms with Crippen LogP contribution in [0.3, 0.4) is 0 Å². The number of unbranched alkanes of at least 4 members (excludes halogenated alkanes) is 15. The van der Waals surface area contributed by atoms with Gasteiger partial charge in [-0.3, -0.25) is 0 Å². The molecule has 1 aliphatic carbocycles. The van der Waals surface area contributed by atoms with E-state index in [1.54, 1.807) is 20.2 Å². The van der Waals surface area contributed by atoms with E-state index in [2.05, 4.69) is 71.5 Å². The second-order valence-corrected chi connectivity index (χ2v) is 13.8. The van der Waals surface area contributed by atoms with Crippen molar-refractivity contribution >= 4 is 14.7 Å². The first-order valence-electron chi connectivity index (χ1n) is 15.4. The molecule has 0 spiro atoms. The molecule has 0 fully saturated rings. The van der Waals surface area contributed by atoms with Crippen molar-refractivity contribution in [1.82, 2.24) is 0 Å². The Morgan fingerprint density at radius 2 is 1.08 bits per heavy atom. The van der Waals surface area contributed by atoms with Crippen LogP contribution in [0.5, 0.6) is 0 Å². The Morgan fingerprint density at radius 3 is 1.53 bits per heavy atom. The van der Waals surface area contributed by atoms with Gasteiger partial charge in [0.25, 0.3) is 0 Å². The van der Waals surface area contributed by atoms with Crippen molar-refractivity contribution in [2.45, 2.75) is 143 Å². The van der Waals surface area contributed by atoms with E-state index >= 15 is 0 Å². The first-order chi connectivity index (χ1) is 17.2. The quantitative estimate of drug-likeness (QED) is 0.138. The molecule has 0 radical (unpaired) electrons. The summed E-state index contributed by atoms with van der Waals surface area (Å²) >= 11 is 2.44. The molecule has 1 aliphatic rings. The first-order valence-corrected chi connectivity index (χ1v) is 17.6. The topological polar surface area (TPSA) is 0 Å². The van der Waals surface area contributed by atoms with Crippen molar-refractivity contribution in [3.05, 3.63) is 50.6 Å². The molecule has 0 saturated heterocycles. The molecular weight excluding hydrogens is 579 g/mol. The number of allylic oxidation sites excluding steroid dienone is 4. The smallest absolute Gasteiger partial charge is 1.00 e. The van der Waals surface area contributed by atoms with Crippen molar-refractivity contribution in [2.75, 3.05) is 0 Å². The third kappa shape index (κ3) is 16.1. The molecule has 0 N–H and O–H groups in total. The van der Waals surface area contributed by atoms with Gasteiger partial charge in [0.1, 0.15) is 0 Å². The van der Waals surface area contributed by atoms with E-state index in [1.165, 1.54) is 122 Å². The van der Waals surface area contributed by atoms with Gasteiger partial charge in [-0.15, -0.1) is 0 Å². The van der Waals surface area contributed by atoms with Gasteiger partial charge in [0.2, 0.25) is 0 Å². The molecular formula is C33H55Cl3SiTi. The van der Waals surface area contributed by atoms with Gasteiger partial charge in [0.05, 0.1) is 0 Å². The van der Waals surface area contributed by atoms with Crippen molar-refractivity contribution in [3.8, 4) is 0 Å². The van der Waals surface area contributed by atoms with Crippen molar-refractivity contribution in [3.63, 3.8) is 0 Å². The monoisotopic (exact) mass is 632 g/mol. The molecule has 0 aromatic heterocycles. The van der Waals surface area contributed by atoms with Crippen LogP contribution in [0, 0.1) is 5.92 Å². The normalized spacial score (nSPS) is 15.1. The van der Waals surface area contributed by atoms with Crippen LogP contribution in [-0.4, -0.2) is 9.52 Å². The van der Waals surface area contributed by atoms with Crippen LogP contribution in [0.4, 0.5) is 0 Å². The van der Waals surface area contributed by atoms with Crippen LogP contribution in [0.15, 0.2) is 50.6 Å². The Labute approximate surface area is 269 Å². The molecule has 0 aliphatic heterocycles. The van der Waals surface area contributed by atoms with E-state index < -0.39 is 0 Å². The average molecular weight is 634 g/mol. The zero-order chi connectivity index (χ0) is 25.1. The predicted molar refractivity (Wildman–Crippen MR) is 157 cm³/mol. The summed E-state index contributed by atoms with van der Waals surface area (Å²) in [6.45, 7) is 7.10. The number of hydrogen-bond acceptors (Lipinski definition) is 0. The second-order valence-electron chi connectivity index (χ2n) is 11.1. The standard InChI is InChI=1S/C33H55Si.3ClH.Ti/c1-4-6-7-8-9-10-11-12-13-14-15-16-17-18-19-23-27-32-29(3)30(24-5-2)28-33(32)34-31-25-21-20-22-26-31;;;;/h20-22,25-26,32H,4-19,23-24,27,34H2,1-3H3;3*1H;/q;;;;+3/p-3. The number of rotatable bonds is 21. The third-order valence-electron chi connectivity index (χ3n) is 8.13. The summed E-state index contributed by atoms with van der Waals surface area (Å²) in [6.07, 6.45) is 27.2. The molecule has 1 unspecified atom stereocenters. The van der Waals surface area contributed by atoms with Crippen molar-refractivity contribution in [1.29, 1.82) is 0 Å². The Kier molecular flexibility index (Phi) is 28.2. The van der Waals surface area contributed by atoms with Crippen LogP contribution >= 0.6 is 0 Å². The fourth-order valence-electron chi connectivity index (χ4n) is 5.92. The van der Waals surface area contributed by atoms with Crippen molar-refractivity contribution in [2.24, 2.45) is 5.92 Å². The van der Waals surface area contributed by atoms with Gasteiger partial charge in [0.15, 0.2) is 0 Å². The third-order valence-corrected chi connectivity index (χ3v) is 11.8. The van der Waals surface area contributed by atoms with Crippen LogP contribution in [0.25, 0.3) is 0 Å². The molecule has 1 aromatic carbocycles. The van der Waals surface area contributed by atoms with E-state index in [0.29, 0.717) is 0 Å². The molecule has 38 heavy (non-hydrogen) atoms. The van der Waals surface area contributed by atoms with E-state index in [9.17, 15) is 0 Å². The molecule has 2 rings (SSSR count). The fraction of sp³-hybridized carbons (Fsp3) is 0.697. The summed E-state index contributed by atoms with van der Waals surface area (Å²) in [6, 6.07) is 11.3. The van der Waals surface area contributed by atoms with Gasteiger partial charge in [-0.1, -0.05) is 58.3 Å². The van der Waals surface area contributed by atoms with Gasteiger partial charge in [0, 0.05) is 0 Å². The maximum absolute atomic E-state index is 2.46. The molecule has 216 valence electrons. The summed E-state index contributed by atoms with van der Waals surface area (Å²) in [5.41, 5.74) is 3.44. The Morgan fingerprint density at radius 1 is 0.632 bits per heavy atom. The first kappa shape index (κ1) is 40.6. The molecule has 0 nitrogen and oxygen atoms in total. The van der Waals surface area contributed by atoms with Gasteiger partial charge in [-0.2, -0.15) is 0 Å². The van der Waals surface area contributed by atoms with E-state index in [0.717, 1.165) is 5.92 Å². The van der Waals surface area contributed by atoms with Gasteiger partial charge in [-0.25, -0.2) is 0 Å². The maximum Gasteiger partial charge on any atom is -1.00 e. The minimum absolute atomic E-state index is 0. The maximum atomic E-state index is 2.46. The van der Waals surface area contributed by atoms with Crippen molar-refractivity contribution < 1.29 is 57.7 Å². The Hall–Kier alpha value is 0.501. The Balaban J connectivity index is 0. The molecule has 0 bridgehead atoms. The predicted octanol–water partition coefficient (Wildman–Crippen LogP) is 0.649. The SMILES string of the molecule is CCCCCCCCCCCCCCCCCCC1C(C)=C(CCC)[C]([Ti+3])=C1[SiH2]c1ccccc1.[Cl-].[Cl-].[Cl-]. The minimum atomic E-state index is -0.340. The molecule has 1 atom stereocenters. The van der Waals surface area contributed by atoms with Crippen LogP contribution in [-0.2, 0) is 20.4 Å². The van der Waals surface area contributed by atoms with Gasteiger partial charge < -0.3 is 37.2 Å². The Bertz CT molecular complexity index is 748. The van der Waals surface area contributed by atoms with Crippen LogP contribution in [0.2, 0.25) is 0 Å². The minimum Gasteiger partial charge on any atom is -1.00 e. The van der Waals surface area contributed by atoms with E-state index in [-0.39, 0.29) is 46.7 Å². The summed E-state index contributed by atoms with van der Waals surface area (Å²) in [7, 11) is -0.340. The van der Waals surface area contributed by atoms with E-state index in [4.69, 9.17) is 0 Å². The average Bonchev–Trinajstić information content (AvgIpc) is 3.08. The zero-order valence-corrected chi connectivity index (χ0v) is 30.0. The van der Waals surface area contributed by atoms with E-state index in [1.807, 2.05) is 5.20 Å². The van der Waals surface area contributed by atoms with Crippen LogP contribution in [0.1, 0.15) is 143 Å². The zero-order valence-electron chi connectivity index (χ0n) is 24.7. The summed E-state index contributed by atoms with van der Waals surface area (Å²) < 4.78 is 1.68. The molecule has 0 heterocycles. The molecule has 5 heteroatoms. The number of halogens is 3. The number of benzene rings is 1. The van der Waals surface area contributed by atoms with Gasteiger partial charge in [-0.05, 0) is 0 Å².